The second-order valence-corrected chi connectivity index (χ2v) is 4.40. The number of hydrogen-bond donors (Lipinski definition) is 2. The first-order valence-corrected chi connectivity index (χ1v) is 6.24. The number of nitrogens with one attached hydrogen (secondary N) is 2. The highest BCUT2D eigenvalue weighted by atomic mass is 19.1. The summed E-state index contributed by atoms with van der Waals surface area (Å²) in [7, 11) is 0. The van der Waals surface area contributed by atoms with Crippen molar-refractivity contribution in [2.45, 2.75) is 6.54 Å². The zero-order valence-electron chi connectivity index (χ0n) is 11.0. The van der Waals surface area contributed by atoms with Crippen molar-refractivity contribution in [1.82, 2.24) is 5.32 Å². The molecule has 0 aromatic heterocycles. The summed E-state index contributed by atoms with van der Waals surface area (Å²) < 4.78 is 38.7. The molecule has 2 N–H and O–H groups in total. The normalized spacial score (nSPS) is 10.4. The summed E-state index contributed by atoms with van der Waals surface area (Å²) in [6, 6.07) is 8.75. The highest BCUT2D eigenvalue weighted by Gasteiger charge is 2.07. The van der Waals surface area contributed by atoms with Crippen LogP contribution in [0.4, 0.5) is 18.9 Å². The number of benzene rings is 2. The van der Waals surface area contributed by atoms with Gasteiger partial charge in [-0.1, -0.05) is 12.1 Å². The molecule has 2 aromatic carbocycles. The van der Waals surface area contributed by atoms with Gasteiger partial charge in [0.05, 0.1) is 12.2 Å². The van der Waals surface area contributed by atoms with Gasteiger partial charge in [0, 0.05) is 12.6 Å². The zero-order valence-corrected chi connectivity index (χ0v) is 11.0. The SMILES string of the molecule is O=C(CNCc1ccc(F)cc1)Nc1ccc(F)cc1F. The molecule has 0 aliphatic heterocycles. The predicted molar refractivity (Wildman–Crippen MR) is 73.1 cm³/mol. The summed E-state index contributed by atoms with van der Waals surface area (Å²) >= 11 is 0. The van der Waals surface area contributed by atoms with Gasteiger partial charge in [0.25, 0.3) is 0 Å². The van der Waals surface area contributed by atoms with Gasteiger partial charge in [0.2, 0.25) is 5.91 Å². The molecule has 0 heterocycles. The van der Waals surface area contributed by atoms with Gasteiger partial charge in [-0.2, -0.15) is 0 Å². The van der Waals surface area contributed by atoms with E-state index in [0.717, 1.165) is 17.7 Å². The van der Waals surface area contributed by atoms with E-state index in [-0.39, 0.29) is 18.0 Å². The molecule has 0 bridgehead atoms. The summed E-state index contributed by atoms with van der Waals surface area (Å²) in [4.78, 5) is 11.6. The first-order chi connectivity index (χ1) is 10.0. The molecule has 0 radical (unpaired) electrons. The first kappa shape index (κ1) is 15.1. The number of anilines is 1. The fourth-order valence-electron chi connectivity index (χ4n) is 1.71. The van der Waals surface area contributed by atoms with Crippen LogP contribution in [0.2, 0.25) is 0 Å². The van der Waals surface area contributed by atoms with Crippen LogP contribution >= 0.6 is 0 Å². The van der Waals surface area contributed by atoms with Crippen LogP contribution in [0, 0.1) is 17.5 Å². The standard InChI is InChI=1S/C15H13F3N2O/c16-11-3-1-10(2-4-11)8-19-9-15(21)20-14-6-5-12(17)7-13(14)18/h1-7,19H,8-9H2,(H,20,21). The number of hydrogen-bond acceptors (Lipinski definition) is 2. The van der Waals surface area contributed by atoms with Gasteiger partial charge in [-0.3, -0.25) is 4.79 Å². The molecule has 0 atom stereocenters. The molecule has 3 nitrogen and oxygen atoms in total. The van der Waals surface area contributed by atoms with Crippen molar-refractivity contribution in [3.05, 3.63) is 65.5 Å². The Kier molecular flexibility index (Phi) is 4.94. The van der Waals surface area contributed by atoms with E-state index >= 15 is 0 Å². The average molecular weight is 294 g/mol. The van der Waals surface area contributed by atoms with Crippen molar-refractivity contribution in [3.8, 4) is 0 Å². The van der Waals surface area contributed by atoms with Gasteiger partial charge in [0.15, 0.2) is 0 Å². The van der Waals surface area contributed by atoms with Crippen LogP contribution in [0.3, 0.4) is 0 Å². The Morgan fingerprint density at radius 1 is 0.952 bits per heavy atom. The van der Waals surface area contributed by atoms with Crippen LogP contribution in [-0.2, 0) is 11.3 Å². The lowest BCUT2D eigenvalue weighted by atomic mass is 10.2. The van der Waals surface area contributed by atoms with Crippen molar-refractivity contribution >= 4 is 11.6 Å². The molecule has 6 heteroatoms. The summed E-state index contributed by atoms with van der Waals surface area (Å²) in [5, 5.41) is 5.17. The highest BCUT2D eigenvalue weighted by molar-refractivity contribution is 5.92. The number of carbonyl (C=O) groups is 1. The molecule has 0 aliphatic carbocycles. The fourth-order valence-corrected chi connectivity index (χ4v) is 1.71. The third kappa shape index (κ3) is 4.61. The molecule has 0 saturated heterocycles. The van der Waals surface area contributed by atoms with E-state index in [9.17, 15) is 18.0 Å². The summed E-state index contributed by atoms with van der Waals surface area (Å²) in [5.41, 5.74) is 0.738. The van der Waals surface area contributed by atoms with Crippen molar-refractivity contribution in [2.75, 3.05) is 11.9 Å². The third-order valence-corrected chi connectivity index (χ3v) is 2.73. The molecule has 1 amide bonds. The largest absolute Gasteiger partial charge is 0.322 e. The second kappa shape index (κ2) is 6.90. The molecule has 21 heavy (non-hydrogen) atoms. The van der Waals surface area contributed by atoms with Gasteiger partial charge in [-0.05, 0) is 29.8 Å². The molecule has 0 saturated carbocycles. The maximum Gasteiger partial charge on any atom is 0.238 e. The molecular weight excluding hydrogens is 281 g/mol. The van der Waals surface area contributed by atoms with Gasteiger partial charge in [-0.15, -0.1) is 0 Å². The van der Waals surface area contributed by atoms with Gasteiger partial charge in [0.1, 0.15) is 17.5 Å². The van der Waals surface area contributed by atoms with Crippen molar-refractivity contribution in [3.63, 3.8) is 0 Å². The van der Waals surface area contributed by atoms with E-state index < -0.39 is 17.5 Å². The molecule has 110 valence electrons. The molecule has 0 fully saturated rings. The third-order valence-electron chi connectivity index (χ3n) is 2.73. The average Bonchev–Trinajstić information content (AvgIpc) is 2.44. The number of amides is 1. The number of halogens is 3. The topological polar surface area (TPSA) is 41.1 Å². The van der Waals surface area contributed by atoms with E-state index in [1.807, 2.05) is 0 Å². The van der Waals surface area contributed by atoms with E-state index in [1.165, 1.54) is 12.1 Å². The maximum atomic E-state index is 13.3. The first-order valence-electron chi connectivity index (χ1n) is 6.24. The Morgan fingerprint density at radius 2 is 1.62 bits per heavy atom. The molecular formula is C15H13F3N2O. The monoisotopic (exact) mass is 294 g/mol. The molecule has 0 unspecified atom stereocenters. The van der Waals surface area contributed by atoms with Crippen LogP contribution in [0.25, 0.3) is 0 Å². The second-order valence-electron chi connectivity index (χ2n) is 4.40. The molecule has 2 rings (SSSR count). The minimum absolute atomic E-state index is 0.0474. The Balaban J connectivity index is 1.81. The van der Waals surface area contributed by atoms with Gasteiger partial charge in [-0.25, -0.2) is 13.2 Å². The van der Waals surface area contributed by atoms with Crippen molar-refractivity contribution < 1.29 is 18.0 Å². The lowest BCUT2D eigenvalue weighted by molar-refractivity contribution is -0.115. The zero-order chi connectivity index (χ0) is 15.2. The fraction of sp³-hybridized carbons (Fsp3) is 0.133. The van der Waals surface area contributed by atoms with E-state index in [0.29, 0.717) is 12.6 Å². The van der Waals surface area contributed by atoms with Crippen molar-refractivity contribution in [2.24, 2.45) is 0 Å². The van der Waals surface area contributed by atoms with Crippen LogP contribution in [0.5, 0.6) is 0 Å². The predicted octanol–water partition coefficient (Wildman–Crippen LogP) is 2.83. The lowest BCUT2D eigenvalue weighted by Crippen LogP contribution is -2.28. The van der Waals surface area contributed by atoms with Crippen LogP contribution < -0.4 is 10.6 Å². The maximum absolute atomic E-state index is 13.3. The summed E-state index contributed by atoms with van der Waals surface area (Å²) in [6.07, 6.45) is 0. The minimum Gasteiger partial charge on any atom is -0.322 e. The number of rotatable bonds is 5. The van der Waals surface area contributed by atoms with Crippen LogP contribution in [0.1, 0.15) is 5.56 Å². The quantitative estimate of drug-likeness (QED) is 0.890. The highest BCUT2D eigenvalue weighted by Crippen LogP contribution is 2.14. The van der Waals surface area contributed by atoms with Crippen molar-refractivity contribution in [1.29, 1.82) is 0 Å². The van der Waals surface area contributed by atoms with E-state index in [2.05, 4.69) is 10.6 Å². The summed E-state index contributed by atoms with van der Waals surface area (Å²) in [6.45, 7) is 0.327. The Morgan fingerprint density at radius 3 is 2.29 bits per heavy atom. The molecule has 0 spiro atoms. The van der Waals surface area contributed by atoms with E-state index in [4.69, 9.17) is 0 Å². The lowest BCUT2D eigenvalue weighted by Gasteiger charge is -2.08. The minimum atomic E-state index is -0.832. The number of carbonyl (C=O) groups excluding carboxylic acids is 1. The molecule has 0 aliphatic rings. The molecule has 2 aromatic rings. The van der Waals surface area contributed by atoms with Gasteiger partial charge >= 0.3 is 0 Å². The Hall–Kier alpha value is -2.34. The van der Waals surface area contributed by atoms with Gasteiger partial charge < -0.3 is 10.6 Å². The van der Waals surface area contributed by atoms with Crippen LogP contribution in [0.15, 0.2) is 42.5 Å². The summed E-state index contributed by atoms with van der Waals surface area (Å²) in [5.74, 6) is -2.33. The Labute approximate surface area is 119 Å². The smallest absolute Gasteiger partial charge is 0.238 e. The Bertz CT molecular complexity index is 629. The van der Waals surface area contributed by atoms with E-state index in [1.54, 1.807) is 12.1 Å². The van der Waals surface area contributed by atoms with Crippen LogP contribution in [-0.4, -0.2) is 12.5 Å².